The lowest BCUT2D eigenvalue weighted by atomic mass is 10.0. The zero-order valence-electron chi connectivity index (χ0n) is 12.2. The molecule has 1 fully saturated rings. The van der Waals surface area contributed by atoms with E-state index in [1.807, 2.05) is 0 Å². The van der Waals surface area contributed by atoms with Crippen LogP contribution in [0.5, 0.6) is 0 Å². The number of hydrogen-bond donors (Lipinski definition) is 3. The summed E-state index contributed by atoms with van der Waals surface area (Å²) in [4.78, 5) is 22.8. The highest BCUT2D eigenvalue weighted by atomic mass is 16.6. The number of carbonyl (C=O) groups excluding carboxylic acids is 1. The summed E-state index contributed by atoms with van der Waals surface area (Å²) in [5.41, 5.74) is 5.63. The Morgan fingerprint density at radius 1 is 1.48 bits per heavy atom. The SMILES string of the molecule is CC(C)(CN)NC(=O)c1ccc(NC2CC2)c([N+](=O)[O-])c1. The Morgan fingerprint density at radius 3 is 2.67 bits per heavy atom. The molecule has 7 heteroatoms. The van der Waals surface area contributed by atoms with Gasteiger partial charge in [-0.2, -0.15) is 0 Å². The molecule has 1 amide bonds. The van der Waals surface area contributed by atoms with Gasteiger partial charge in [-0.15, -0.1) is 0 Å². The van der Waals surface area contributed by atoms with Gasteiger partial charge < -0.3 is 16.4 Å². The number of amides is 1. The molecule has 0 saturated heterocycles. The van der Waals surface area contributed by atoms with Gasteiger partial charge in [0.1, 0.15) is 5.69 Å². The smallest absolute Gasteiger partial charge is 0.293 e. The van der Waals surface area contributed by atoms with Gasteiger partial charge in [0, 0.05) is 29.8 Å². The molecular formula is C14H20N4O3. The van der Waals surface area contributed by atoms with E-state index in [0.717, 1.165) is 12.8 Å². The maximum atomic E-state index is 12.1. The van der Waals surface area contributed by atoms with Gasteiger partial charge in [-0.3, -0.25) is 14.9 Å². The fourth-order valence-corrected chi connectivity index (χ4v) is 1.82. The number of nitro benzene ring substituents is 1. The first-order valence-corrected chi connectivity index (χ1v) is 6.90. The topological polar surface area (TPSA) is 110 Å². The quantitative estimate of drug-likeness (QED) is 0.545. The Kier molecular flexibility index (Phi) is 4.13. The number of nitrogens with one attached hydrogen (secondary N) is 2. The molecule has 0 aliphatic heterocycles. The third kappa shape index (κ3) is 3.91. The van der Waals surface area contributed by atoms with Gasteiger partial charge in [0.05, 0.1) is 4.92 Å². The van der Waals surface area contributed by atoms with Crippen LogP contribution in [0, 0.1) is 10.1 Å². The number of nitrogens with zero attached hydrogens (tertiary/aromatic N) is 1. The van der Waals surface area contributed by atoms with Crippen LogP contribution in [0.3, 0.4) is 0 Å². The fourth-order valence-electron chi connectivity index (χ4n) is 1.82. The molecule has 0 radical (unpaired) electrons. The monoisotopic (exact) mass is 292 g/mol. The molecule has 114 valence electrons. The van der Waals surface area contributed by atoms with Gasteiger partial charge in [0.15, 0.2) is 0 Å². The first-order chi connectivity index (χ1) is 9.82. The highest BCUT2D eigenvalue weighted by Crippen LogP contribution is 2.31. The maximum absolute atomic E-state index is 12.1. The predicted octanol–water partition coefficient (Wildman–Crippen LogP) is 1.64. The molecule has 0 heterocycles. The van der Waals surface area contributed by atoms with Gasteiger partial charge in [0.2, 0.25) is 0 Å². The van der Waals surface area contributed by atoms with E-state index in [-0.39, 0.29) is 23.7 Å². The van der Waals surface area contributed by atoms with Crippen LogP contribution in [0.4, 0.5) is 11.4 Å². The maximum Gasteiger partial charge on any atom is 0.293 e. The van der Waals surface area contributed by atoms with Gasteiger partial charge in [-0.25, -0.2) is 0 Å². The van der Waals surface area contributed by atoms with Gasteiger partial charge in [0.25, 0.3) is 11.6 Å². The molecule has 21 heavy (non-hydrogen) atoms. The van der Waals surface area contributed by atoms with E-state index in [1.165, 1.54) is 6.07 Å². The van der Waals surface area contributed by atoms with Crippen LogP contribution in [0.1, 0.15) is 37.0 Å². The molecule has 2 rings (SSSR count). The summed E-state index contributed by atoms with van der Waals surface area (Å²) in [6.07, 6.45) is 2.04. The molecule has 0 bridgehead atoms. The summed E-state index contributed by atoms with van der Waals surface area (Å²) in [5.74, 6) is -0.369. The molecule has 0 unspecified atom stereocenters. The third-order valence-corrected chi connectivity index (χ3v) is 3.36. The largest absolute Gasteiger partial charge is 0.377 e. The lowest BCUT2D eigenvalue weighted by Crippen LogP contribution is -2.48. The van der Waals surface area contributed by atoms with Crippen molar-refractivity contribution in [3.63, 3.8) is 0 Å². The number of benzene rings is 1. The highest BCUT2D eigenvalue weighted by Gasteiger charge is 2.26. The van der Waals surface area contributed by atoms with Crippen LogP contribution in [0.15, 0.2) is 18.2 Å². The Hall–Kier alpha value is -2.15. The normalized spacial score (nSPS) is 14.6. The predicted molar refractivity (Wildman–Crippen MR) is 80.3 cm³/mol. The molecule has 4 N–H and O–H groups in total. The van der Waals surface area contributed by atoms with Crippen molar-refractivity contribution in [2.75, 3.05) is 11.9 Å². The highest BCUT2D eigenvalue weighted by molar-refractivity contribution is 5.96. The van der Waals surface area contributed by atoms with E-state index in [2.05, 4.69) is 10.6 Å². The lowest BCUT2D eigenvalue weighted by molar-refractivity contribution is -0.384. The second kappa shape index (κ2) is 5.69. The van der Waals surface area contributed by atoms with Crippen molar-refractivity contribution in [1.29, 1.82) is 0 Å². The van der Waals surface area contributed by atoms with Crippen molar-refractivity contribution in [3.8, 4) is 0 Å². The number of anilines is 1. The molecule has 1 aliphatic rings. The van der Waals surface area contributed by atoms with Crippen LogP contribution in [-0.4, -0.2) is 29.0 Å². The average molecular weight is 292 g/mol. The van der Waals surface area contributed by atoms with E-state index in [4.69, 9.17) is 5.73 Å². The molecule has 0 atom stereocenters. The zero-order valence-corrected chi connectivity index (χ0v) is 12.2. The van der Waals surface area contributed by atoms with E-state index in [9.17, 15) is 14.9 Å². The Morgan fingerprint density at radius 2 is 2.14 bits per heavy atom. The number of hydrogen-bond acceptors (Lipinski definition) is 5. The van der Waals surface area contributed by atoms with Crippen molar-refractivity contribution < 1.29 is 9.72 Å². The molecule has 0 spiro atoms. The molecule has 1 aliphatic carbocycles. The molecule has 1 aromatic rings. The van der Waals surface area contributed by atoms with E-state index >= 15 is 0 Å². The molecule has 7 nitrogen and oxygen atoms in total. The first-order valence-electron chi connectivity index (χ1n) is 6.90. The summed E-state index contributed by atoms with van der Waals surface area (Å²) in [5, 5.41) is 17.0. The van der Waals surface area contributed by atoms with Crippen molar-refractivity contribution in [2.45, 2.75) is 38.3 Å². The van der Waals surface area contributed by atoms with Crippen LogP contribution >= 0.6 is 0 Å². The van der Waals surface area contributed by atoms with Gasteiger partial charge in [-0.05, 0) is 38.8 Å². The Bertz CT molecular complexity index is 567. The number of carbonyl (C=O) groups is 1. The molecule has 0 aromatic heterocycles. The van der Waals surface area contributed by atoms with Crippen LogP contribution in [0.25, 0.3) is 0 Å². The summed E-state index contributed by atoms with van der Waals surface area (Å²) in [6, 6.07) is 4.77. The third-order valence-electron chi connectivity index (χ3n) is 3.36. The van der Waals surface area contributed by atoms with Crippen molar-refractivity contribution in [1.82, 2.24) is 5.32 Å². The molecule has 1 saturated carbocycles. The summed E-state index contributed by atoms with van der Waals surface area (Å²) < 4.78 is 0. The number of rotatable bonds is 6. The van der Waals surface area contributed by atoms with Crippen LogP contribution < -0.4 is 16.4 Å². The lowest BCUT2D eigenvalue weighted by Gasteiger charge is -2.24. The average Bonchev–Trinajstić information content (AvgIpc) is 3.22. The first kappa shape index (κ1) is 15.2. The minimum absolute atomic E-state index is 0.0832. The van der Waals surface area contributed by atoms with E-state index in [1.54, 1.807) is 26.0 Å². The van der Waals surface area contributed by atoms with E-state index < -0.39 is 10.5 Å². The van der Waals surface area contributed by atoms with Crippen molar-refractivity contribution in [3.05, 3.63) is 33.9 Å². The number of nitro groups is 1. The van der Waals surface area contributed by atoms with Gasteiger partial charge in [-0.1, -0.05) is 0 Å². The van der Waals surface area contributed by atoms with E-state index in [0.29, 0.717) is 11.7 Å². The standard InChI is InChI=1S/C14H20N4O3/c1-14(2,8-15)17-13(19)9-3-6-11(16-10-4-5-10)12(7-9)18(20)21/h3,6-7,10,16H,4-5,8,15H2,1-2H3,(H,17,19). The minimum Gasteiger partial charge on any atom is -0.377 e. The second-order valence-electron chi connectivity index (χ2n) is 5.95. The number of nitrogens with two attached hydrogens (primary N) is 1. The zero-order chi connectivity index (χ0) is 15.6. The Labute approximate surface area is 123 Å². The van der Waals surface area contributed by atoms with Crippen molar-refractivity contribution >= 4 is 17.3 Å². The second-order valence-corrected chi connectivity index (χ2v) is 5.95. The van der Waals surface area contributed by atoms with Gasteiger partial charge >= 0.3 is 0 Å². The Balaban J connectivity index is 2.22. The van der Waals surface area contributed by atoms with Crippen LogP contribution in [0.2, 0.25) is 0 Å². The summed E-state index contributed by atoms with van der Waals surface area (Å²) >= 11 is 0. The van der Waals surface area contributed by atoms with Crippen molar-refractivity contribution in [2.24, 2.45) is 5.73 Å². The summed E-state index contributed by atoms with van der Waals surface area (Å²) in [6.45, 7) is 3.87. The van der Waals surface area contributed by atoms with Crippen LogP contribution in [-0.2, 0) is 0 Å². The minimum atomic E-state index is -0.559. The molecular weight excluding hydrogens is 272 g/mol. The fraction of sp³-hybridized carbons (Fsp3) is 0.500. The summed E-state index contributed by atoms with van der Waals surface area (Å²) in [7, 11) is 0. The molecule has 1 aromatic carbocycles.